The Morgan fingerprint density at radius 3 is 2.93 bits per heavy atom. The van der Waals surface area contributed by atoms with Gasteiger partial charge in [0.1, 0.15) is 30.5 Å². The minimum atomic E-state index is -0.441. The smallest absolute Gasteiger partial charge is 0.320 e. The SMILES string of the molecule is C#CC(C)NC(=O)Nc1cnn2c(NC)cc(Nc3cccc4c3OCCO4)nc12. The van der Waals surface area contributed by atoms with Crippen LogP contribution in [-0.2, 0) is 0 Å². The highest BCUT2D eigenvalue weighted by Gasteiger charge is 2.18. The van der Waals surface area contributed by atoms with E-state index in [4.69, 9.17) is 15.9 Å². The van der Waals surface area contributed by atoms with E-state index in [1.54, 1.807) is 24.6 Å². The van der Waals surface area contributed by atoms with E-state index in [2.05, 4.69) is 37.3 Å². The molecule has 1 aliphatic heterocycles. The van der Waals surface area contributed by atoms with E-state index in [0.29, 0.717) is 47.7 Å². The molecule has 2 amide bonds. The number of carbonyl (C=O) groups excluding carboxylic acids is 1. The Kier molecular flexibility index (Phi) is 5.17. The molecule has 4 N–H and O–H groups in total. The van der Waals surface area contributed by atoms with Gasteiger partial charge in [-0.25, -0.2) is 9.78 Å². The van der Waals surface area contributed by atoms with Gasteiger partial charge in [-0.2, -0.15) is 9.61 Å². The van der Waals surface area contributed by atoms with E-state index in [1.165, 1.54) is 6.20 Å². The third kappa shape index (κ3) is 3.73. The number of fused-ring (bicyclic) bond motifs is 2. The number of anilines is 4. The molecule has 3 heterocycles. The van der Waals surface area contributed by atoms with Crippen molar-refractivity contribution in [2.45, 2.75) is 13.0 Å². The number of nitrogens with one attached hydrogen (secondary N) is 4. The van der Waals surface area contributed by atoms with Gasteiger partial charge in [0.15, 0.2) is 17.1 Å². The van der Waals surface area contributed by atoms with Crippen LogP contribution >= 0.6 is 0 Å². The number of hydrogen-bond donors (Lipinski definition) is 4. The van der Waals surface area contributed by atoms with Crippen LogP contribution in [0.1, 0.15) is 6.92 Å². The van der Waals surface area contributed by atoms with Gasteiger partial charge in [0.05, 0.1) is 17.9 Å². The van der Waals surface area contributed by atoms with Crippen LogP contribution in [0.5, 0.6) is 11.5 Å². The van der Waals surface area contributed by atoms with Gasteiger partial charge in [-0.05, 0) is 19.1 Å². The number of urea groups is 1. The summed E-state index contributed by atoms with van der Waals surface area (Å²) in [6.45, 7) is 2.69. The predicted molar refractivity (Wildman–Crippen MR) is 114 cm³/mol. The van der Waals surface area contributed by atoms with Crippen molar-refractivity contribution in [1.82, 2.24) is 19.9 Å². The summed E-state index contributed by atoms with van der Waals surface area (Å²) >= 11 is 0. The molecule has 0 spiro atoms. The monoisotopic (exact) mass is 407 g/mol. The zero-order valence-corrected chi connectivity index (χ0v) is 16.5. The minimum Gasteiger partial charge on any atom is -0.486 e. The maximum absolute atomic E-state index is 12.2. The van der Waals surface area contributed by atoms with Gasteiger partial charge in [0, 0.05) is 13.1 Å². The third-order valence-corrected chi connectivity index (χ3v) is 4.40. The highest BCUT2D eigenvalue weighted by Crippen LogP contribution is 2.38. The fourth-order valence-electron chi connectivity index (χ4n) is 3.00. The Labute approximate surface area is 173 Å². The number of carbonyl (C=O) groups is 1. The summed E-state index contributed by atoms with van der Waals surface area (Å²) in [6.07, 6.45) is 6.83. The second-order valence-electron chi connectivity index (χ2n) is 6.51. The second-order valence-corrected chi connectivity index (χ2v) is 6.51. The first kappa shape index (κ1) is 19.2. The number of aromatic nitrogens is 3. The zero-order valence-electron chi connectivity index (χ0n) is 16.5. The van der Waals surface area contributed by atoms with Crippen LogP contribution in [0.25, 0.3) is 5.65 Å². The Morgan fingerprint density at radius 2 is 2.13 bits per heavy atom. The molecule has 0 radical (unpaired) electrons. The number of rotatable bonds is 5. The van der Waals surface area contributed by atoms with Gasteiger partial charge < -0.3 is 30.7 Å². The summed E-state index contributed by atoms with van der Waals surface area (Å²) < 4.78 is 13.0. The van der Waals surface area contributed by atoms with Crippen molar-refractivity contribution in [3.63, 3.8) is 0 Å². The number of ether oxygens (including phenoxy) is 2. The molecule has 1 unspecified atom stereocenters. The van der Waals surface area contributed by atoms with E-state index in [0.717, 1.165) is 5.69 Å². The predicted octanol–water partition coefficient (Wildman–Crippen LogP) is 2.43. The highest BCUT2D eigenvalue weighted by molar-refractivity contribution is 5.93. The lowest BCUT2D eigenvalue weighted by atomic mass is 10.2. The first-order valence-electron chi connectivity index (χ1n) is 9.35. The normalized spacial score (nSPS) is 13.2. The van der Waals surface area contributed by atoms with Gasteiger partial charge in [-0.15, -0.1) is 6.42 Å². The van der Waals surface area contributed by atoms with E-state index in [9.17, 15) is 4.79 Å². The number of amides is 2. The lowest BCUT2D eigenvalue weighted by Gasteiger charge is -2.21. The molecular weight excluding hydrogens is 386 g/mol. The van der Waals surface area contributed by atoms with Crippen LogP contribution in [0.4, 0.5) is 27.8 Å². The molecule has 4 rings (SSSR count). The molecule has 0 aliphatic carbocycles. The molecule has 2 aromatic heterocycles. The van der Waals surface area contributed by atoms with Crippen molar-refractivity contribution in [3.8, 4) is 23.8 Å². The van der Waals surface area contributed by atoms with Gasteiger partial charge >= 0.3 is 6.03 Å². The lowest BCUT2D eigenvalue weighted by molar-refractivity contribution is 0.172. The molecule has 30 heavy (non-hydrogen) atoms. The third-order valence-electron chi connectivity index (χ3n) is 4.40. The molecular formula is C20H21N7O3. The Morgan fingerprint density at radius 1 is 1.30 bits per heavy atom. The van der Waals surface area contributed by atoms with Gasteiger partial charge in [0.2, 0.25) is 0 Å². The Hall–Kier alpha value is -4.13. The van der Waals surface area contributed by atoms with Crippen LogP contribution in [-0.4, -0.2) is 46.9 Å². The molecule has 0 saturated heterocycles. The molecule has 1 atom stereocenters. The van der Waals surface area contributed by atoms with Crippen molar-refractivity contribution in [1.29, 1.82) is 0 Å². The average molecular weight is 407 g/mol. The lowest BCUT2D eigenvalue weighted by Crippen LogP contribution is -2.35. The van der Waals surface area contributed by atoms with Crippen LogP contribution in [0, 0.1) is 12.3 Å². The van der Waals surface area contributed by atoms with Crippen LogP contribution in [0.3, 0.4) is 0 Å². The maximum Gasteiger partial charge on any atom is 0.320 e. The summed E-state index contributed by atoms with van der Waals surface area (Å²) in [7, 11) is 1.77. The van der Waals surface area contributed by atoms with Crippen molar-refractivity contribution in [2.75, 3.05) is 36.2 Å². The molecule has 0 bridgehead atoms. The standard InChI is InChI=1S/C20H21N7O3/c1-4-12(2)23-20(28)25-14-11-22-27-17(21-3)10-16(26-19(14)27)24-13-6-5-7-15-18(13)30-9-8-29-15/h1,5-7,10-12,21H,8-9H2,2-3H3,(H,24,26)(H2,23,25,28). The van der Waals surface area contributed by atoms with Crippen molar-refractivity contribution < 1.29 is 14.3 Å². The fourth-order valence-corrected chi connectivity index (χ4v) is 3.00. The number of hydrogen-bond acceptors (Lipinski definition) is 7. The molecule has 10 heteroatoms. The Balaban J connectivity index is 1.67. The zero-order chi connectivity index (χ0) is 21.1. The molecule has 10 nitrogen and oxygen atoms in total. The maximum atomic E-state index is 12.2. The number of nitrogens with zero attached hydrogens (tertiary/aromatic N) is 3. The topological polar surface area (TPSA) is 114 Å². The fraction of sp³-hybridized carbons (Fsp3) is 0.250. The summed E-state index contributed by atoms with van der Waals surface area (Å²) in [5.41, 5.74) is 1.61. The van der Waals surface area contributed by atoms with Crippen LogP contribution in [0.15, 0.2) is 30.5 Å². The van der Waals surface area contributed by atoms with E-state index in [1.807, 2.05) is 18.2 Å². The second kappa shape index (κ2) is 8.08. The van der Waals surface area contributed by atoms with Gasteiger partial charge in [-0.1, -0.05) is 12.0 Å². The summed E-state index contributed by atoms with van der Waals surface area (Å²) in [5, 5.41) is 16.0. The Bertz CT molecular complexity index is 1140. The molecule has 1 aliphatic rings. The van der Waals surface area contributed by atoms with Gasteiger partial charge in [0.25, 0.3) is 0 Å². The summed E-state index contributed by atoms with van der Waals surface area (Å²) in [5.74, 6) is 4.96. The molecule has 1 aromatic carbocycles. The van der Waals surface area contributed by atoms with Crippen LogP contribution < -0.4 is 30.7 Å². The van der Waals surface area contributed by atoms with E-state index < -0.39 is 12.1 Å². The molecule has 0 fully saturated rings. The number of terminal acetylenes is 1. The van der Waals surface area contributed by atoms with E-state index >= 15 is 0 Å². The molecule has 154 valence electrons. The largest absolute Gasteiger partial charge is 0.486 e. The summed E-state index contributed by atoms with van der Waals surface area (Å²) in [4.78, 5) is 16.8. The first-order chi connectivity index (χ1) is 14.6. The van der Waals surface area contributed by atoms with Crippen molar-refractivity contribution in [3.05, 3.63) is 30.5 Å². The number of benzene rings is 1. The average Bonchev–Trinajstić information content (AvgIpc) is 3.15. The highest BCUT2D eigenvalue weighted by atomic mass is 16.6. The molecule has 0 saturated carbocycles. The van der Waals surface area contributed by atoms with Crippen LogP contribution in [0.2, 0.25) is 0 Å². The molecule has 3 aromatic rings. The summed E-state index contributed by atoms with van der Waals surface area (Å²) in [6, 6.07) is 6.55. The van der Waals surface area contributed by atoms with Crippen molar-refractivity contribution in [2.24, 2.45) is 0 Å². The van der Waals surface area contributed by atoms with Crippen molar-refractivity contribution >= 4 is 34.7 Å². The number of para-hydroxylation sites is 1. The quantitative estimate of drug-likeness (QED) is 0.480. The minimum absolute atomic E-state index is 0.406. The van der Waals surface area contributed by atoms with E-state index in [-0.39, 0.29) is 0 Å². The first-order valence-corrected chi connectivity index (χ1v) is 9.35. The van der Waals surface area contributed by atoms with Gasteiger partial charge in [-0.3, -0.25) is 0 Å².